The maximum atomic E-state index is 13.1. The number of para-hydroxylation sites is 2. The fourth-order valence-corrected chi connectivity index (χ4v) is 4.02. The van der Waals surface area contributed by atoms with Gasteiger partial charge in [-0.15, -0.1) is 13.2 Å². The molecule has 0 saturated heterocycles. The summed E-state index contributed by atoms with van der Waals surface area (Å²) in [4.78, 5) is 27.0. The van der Waals surface area contributed by atoms with E-state index in [1.54, 1.807) is 12.1 Å². The predicted molar refractivity (Wildman–Crippen MR) is 111 cm³/mol. The average Bonchev–Trinajstić information content (AvgIpc) is 2.99. The van der Waals surface area contributed by atoms with Crippen LogP contribution in [0.15, 0.2) is 54.7 Å². The van der Waals surface area contributed by atoms with Crippen LogP contribution in [0.1, 0.15) is 34.5 Å². The Kier molecular flexibility index (Phi) is 5.41. The Hall–Kier alpha value is -3.75. The first kappa shape index (κ1) is 21.5. The third-order valence-corrected chi connectivity index (χ3v) is 5.29. The average molecular weight is 444 g/mol. The molecule has 2 aromatic carbocycles. The van der Waals surface area contributed by atoms with Crippen LogP contribution in [0.5, 0.6) is 5.75 Å². The number of methoxy groups -OCH3 is 1. The molecule has 0 radical (unpaired) electrons. The third kappa shape index (κ3) is 3.81. The van der Waals surface area contributed by atoms with Gasteiger partial charge in [-0.25, -0.2) is 9.36 Å². The van der Waals surface area contributed by atoms with E-state index in [0.29, 0.717) is 11.2 Å². The monoisotopic (exact) mass is 444 g/mol. The maximum absolute atomic E-state index is 13.1. The first-order valence-corrected chi connectivity index (χ1v) is 9.77. The summed E-state index contributed by atoms with van der Waals surface area (Å²) in [5, 5.41) is 0.833. The highest BCUT2D eigenvalue weighted by Crippen LogP contribution is 2.36. The van der Waals surface area contributed by atoms with Gasteiger partial charge in [0, 0.05) is 24.0 Å². The minimum atomic E-state index is -4.92. The number of carbonyl (C=O) groups excluding carboxylic acids is 2. The molecule has 9 heteroatoms. The summed E-state index contributed by atoms with van der Waals surface area (Å²) in [5.74, 6) is -1.44. The van der Waals surface area contributed by atoms with Crippen molar-refractivity contribution in [3.63, 3.8) is 0 Å². The molecule has 0 fully saturated rings. The molecule has 1 atom stereocenters. The number of nitrogens with zero attached hydrogens (tertiary/aromatic N) is 2. The molecule has 1 amide bonds. The Morgan fingerprint density at radius 3 is 2.47 bits per heavy atom. The lowest BCUT2D eigenvalue weighted by Crippen LogP contribution is -2.30. The summed E-state index contributed by atoms with van der Waals surface area (Å²) < 4.78 is 48.8. The Morgan fingerprint density at radius 1 is 1.06 bits per heavy atom. The molecule has 3 aromatic rings. The van der Waals surface area contributed by atoms with Crippen molar-refractivity contribution in [1.82, 2.24) is 9.47 Å². The van der Waals surface area contributed by atoms with Crippen LogP contribution in [-0.2, 0) is 4.74 Å². The number of benzene rings is 2. The molecule has 0 saturated carbocycles. The van der Waals surface area contributed by atoms with Gasteiger partial charge in [0.15, 0.2) is 0 Å². The molecule has 166 valence electrons. The van der Waals surface area contributed by atoms with Crippen molar-refractivity contribution in [3.8, 4) is 5.75 Å². The van der Waals surface area contributed by atoms with Crippen molar-refractivity contribution in [2.24, 2.45) is 0 Å². The normalized spacial score (nSPS) is 15.9. The van der Waals surface area contributed by atoms with Gasteiger partial charge in [-0.2, -0.15) is 0 Å². The highest BCUT2D eigenvalue weighted by molar-refractivity contribution is 6.00. The number of hydrogen-bond donors (Lipinski definition) is 0. The summed E-state index contributed by atoms with van der Waals surface area (Å²) >= 11 is 0. The van der Waals surface area contributed by atoms with E-state index in [1.165, 1.54) is 41.0 Å². The van der Waals surface area contributed by atoms with Crippen LogP contribution in [0, 0.1) is 0 Å². The molecule has 0 N–H and O–H groups in total. The van der Waals surface area contributed by atoms with Gasteiger partial charge in [-0.1, -0.05) is 37.3 Å². The van der Waals surface area contributed by atoms with Crippen molar-refractivity contribution < 1.29 is 32.2 Å². The van der Waals surface area contributed by atoms with E-state index < -0.39 is 24.1 Å². The van der Waals surface area contributed by atoms with Gasteiger partial charge in [0.1, 0.15) is 5.75 Å². The van der Waals surface area contributed by atoms with Crippen LogP contribution >= 0.6 is 0 Å². The molecule has 1 unspecified atom stereocenters. The summed E-state index contributed by atoms with van der Waals surface area (Å²) in [6.07, 6.45) is -2.44. The molecular formula is C23H19F3N2O4. The van der Waals surface area contributed by atoms with Gasteiger partial charge in [0.2, 0.25) is 0 Å². The van der Waals surface area contributed by atoms with Crippen LogP contribution in [0.25, 0.3) is 17.0 Å². The topological polar surface area (TPSA) is 60.8 Å². The number of rotatable bonds is 2. The zero-order chi connectivity index (χ0) is 23.0. The third-order valence-electron chi connectivity index (χ3n) is 5.29. The van der Waals surface area contributed by atoms with Gasteiger partial charge >= 0.3 is 12.5 Å². The number of alkyl halides is 3. The smallest absolute Gasteiger partial charge is 0.452 e. The second-order valence-corrected chi connectivity index (χ2v) is 7.34. The van der Waals surface area contributed by atoms with Gasteiger partial charge in [-0.05, 0) is 29.8 Å². The van der Waals surface area contributed by atoms with Crippen LogP contribution < -0.4 is 4.74 Å². The second kappa shape index (κ2) is 8.07. The number of carbonyl (C=O) groups is 2. The molecule has 0 spiro atoms. The summed E-state index contributed by atoms with van der Waals surface area (Å²) in [6.45, 7) is 2.08. The lowest BCUT2D eigenvalue weighted by atomic mass is 9.97. The predicted octanol–water partition coefficient (Wildman–Crippen LogP) is 5.38. The van der Waals surface area contributed by atoms with Gasteiger partial charge in [0.05, 0.1) is 23.9 Å². The minimum absolute atomic E-state index is 0.192. The van der Waals surface area contributed by atoms with Crippen LogP contribution in [-0.4, -0.2) is 41.5 Å². The maximum Gasteiger partial charge on any atom is 0.573 e. The fourth-order valence-electron chi connectivity index (χ4n) is 4.02. The van der Waals surface area contributed by atoms with E-state index in [-0.39, 0.29) is 18.0 Å². The Balaban J connectivity index is 1.77. The first-order valence-electron chi connectivity index (χ1n) is 9.77. The van der Waals surface area contributed by atoms with E-state index in [1.807, 2.05) is 25.1 Å². The first-order chi connectivity index (χ1) is 15.2. The minimum Gasteiger partial charge on any atom is -0.452 e. The van der Waals surface area contributed by atoms with Crippen molar-refractivity contribution in [3.05, 3.63) is 71.6 Å². The highest BCUT2D eigenvalue weighted by Gasteiger charge is 2.34. The number of hydrogen-bond acceptors (Lipinski definition) is 4. The standard InChI is InChI=1S/C23H19F3N2O4/c1-14-13-27(21(29)16-8-4-6-10-19(16)32-23(24,25)26)12-11-18-20(14)15-7-3-5-9-17(15)28(18)22(30)31-2/h3-12,14H,13H2,1-2H3. The largest absolute Gasteiger partial charge is 0.573 e. The molecule has 6 nitrogen and oxygen atoms in total. The zero-order valence-electron chi connectivity index (χ0n) is 17.2. The van der Waals surface area contributed by atoms with Gasteiger partial charge < -0.3 is 14.4 Å². The van der Waals surface area contributed by atoms with Gasteiger partial charge in [-0.3, -0.25) is 4.79 Å². The summed E-state index contributed by atoms with van der Waals surface area (Å²) in [7, 11) is 1.28. The number of aromatic nitrogens is 1. The van der Waals surface area contributed by atoms with Crippen LogP contribution in [0.3, 0.4) is 0 Å². The van der Waals surface area contributed by atoms with Crippen molar-refractivity contribution >= 4 is 29.0 Å². The zero-order valence-corrected chi connectivity index (χ0v) is 17.2. The van der Waals surface area contributed by atoms with Crippen LogP contribution in [0.2, 0.25) is 0 Å². The molecule has 0 aliphatic carbocycles. The van der Waals surface area contributed by atoms with Gasteiger partial charge in [0.25, 0.3) is 5.91 Å². The lowest BCUT2D eigenvalue weighted by Gasteiger charge is -2.22. The van der Waals surface area contributed by atoms with E-state index in [4.69, 9.17) is 4.74 Å². The summed E-state index contributed by atoms with van der Waals surface area (Å²) in [5.41, 5.74) is 1.86. The van der Waals surface area contributed by atoms with Crippen molar-refractivity contribution in [2.75, 3.05) is 13.7 Å². The van der Waals surface area contributed by atoms with Crippen molar-refractivity contribution in [1.29, 1.82) is 0 Å². The number of halogens is 3. The number of amides is 1. The Labute approximate surface area is 181 Å². The molecule has 1 aromatic heterocycles. The molecule has 2 heterocycles. The molecule has 1 aliphatic rings. The molecule has 32 heavy (non-hydrogen) atoms. The molecular weight excluding hydrogens is 425 g/mol. The Morgan fingerprint density at radius 2 is 1.75 bits per heavy atom. The number of ether oxygens (including phenoxy) is 2. The van der Waals surface area contributed by atoms with Crippen molar-refractivity contribution in [2.45, 2.75) is 19.2 Å². The van der Waals surface area contributed by atoms with E-state index in [9.17, 15) is 22.8 Å². The van der Waals surface area contributed by atoms with E-state index >= 15 is 0 Å². The number of fused-ring (bicyclic) bond motifs is 3. The second-order valence-electron chi connectivity index (χ2n) is 7.34. The van der Waals surface area contributed by atoms with Crippen LogP contribution in [0.4, 0.5) is 18.0 Å². The highest BCUT2D eigenvalue weighted by atomic mass is 19.4. The van der Waals surface area contributed by atoms with E-state index in [2.05, 4.69) is 4.74 Å². The quantitative estimate of drug-likeness (QED) is 0.532. The SMILES string of the molecule is COC(=O)n1c2c(c3ccccc31)C(C)CN(C(=O)c1ccccc1OC(F)(F)F)C=C2. The van der Waals surface area contributed by atoms with E-state index in [0.717, 1.165) is 17.0 Å². The lowest BCUT2D eigenvalue weighted by molar-refractivity contribution is -0.274. The summed E-state index contributed by atoms with van der Waals surface area (Å²) in [6, 6.07) is 12.5. The molecule has 0 bridgehead atoms. The molecule has 1 aliphatic heterocycles. The fraction of sp³-hybridized carbons (Fsp3) is 0.217. The Bertz CT molecular complexity index is 1230. The molecule has 4 rings (SSSR count).